The van der Waals surface area contributed by atoms with Crippen LogP contribution in [-0.2, 0) is 6.42 Å². The van der Waals surface area contributed by atoms with Gasteiger partial charge in [-0.25, -0.2) is 0 Å². The second kappa shape index (κ2) is 5.11. The van der Waals surface area contributed by atoms with Crippen LogP contribution in [0.1, 0.15) is 22.7 Å². The van der Waals surface area contributed by atoms with E-state index >= 15 is 0 Å². The van der Waals surface area contributed by atoms with Crippen molar-refractivity contribution in [2.75, 3.05) is 6.54 Å². The second-order valence-corrected chi connectivity index (χ2v) is 4.59. The molecule has 0 amide bonds. The van der Waals surface area contributed by atoms with Crippen molar-refractivity contribution < 1.29 is 0 Å². The molecule has 0 saturated carbocycles. The molecule has 1 atom stereocenters. The van der Waals surface area contributed by atoms with Crippen LogP contribution in [-0.4, -0.2) is 6.54 Å². The summed E-state index contributed by atoms with van der Waals surface area (Å²) < 4.78 is 0. The van der Waals surface area contributed by atoms with Crippen molar-refractivity contribution in [1.29, 1.82) is 0 Å². The Hall–Kier alpha value is -1.35. The number of benzene rings is 2. The molecule has 0 bridgehead atoms. The number of hydrogen-bond acceptors (Lipinski definition) is 2. The van der Waals surface area contributed by atoms with E-state index in [9.17, 15) is 0 Å². The summed E-state index contributed by atoms with van der Waals surface area (Å²) in [4.78, 5) is 0. The van der Waals surface area contributed by atoms with Gasteiger partial charge in [-0.2, -0.15) is 0 Å². The number of hydrogen-bond donors (Lipinski definition) is 2. The molecule has 0 radical (unpaired) electrons. The summed E-state index contributed by atoms with van der Waals surface area (Å²) in [7, 11) is 0. The minimum absolute atomic E-state index is 0. The maximum Gasteiger partial charge on any atom is 0.0419 e. The van der Waals surface area contributed by atoms with Crippen LogP contribution in [0.2, 0.25) is 0 Å². The highest BCUT2D eigenvalue weighted by atomic mass is 35.5. The molecule has 0 saturated heterocycles. The number of nitrogens with two attached hydrogens (primary N) is 2. The second-order valence-electron chi connectivity index (χ2n) is 4.59. The van der Waals surface area contributed by atoms with Gasteiger partial charge >= 0.3 is 0 Å². The van der Waals surface area contributed by atoms with Crippen LogP contribution in [0.4, 0.5) is 0 Å². The standard InChI is InChI=1S/C15H16N2.ClH/c16-9-15(17)11-5-6-14-12(8-11)7-10-3-1-2-4-13(10)14;/h1-6,8,15H,7,9,16-17H2;1H/t15-;/m1./s1. The van der Waals surface area contributed by atoms with Gasteiger partial charge in [0.2, 0.25) is 0 Å². The predicted molar refractivity (Wildman–Crippen MR) is 77.9 cm³/mol. The van der Waals surface area contributed by atoms with E-state index in [1.807, 2.05) is 0 Å². The molecule has 0 aromatic heterocycles. The first kappa shape index (κ1) is 13.1. The number of halogens is 1. The third-order valence-corrected chi connectivity index (χ3v) is 3.50. The molecule has 18 heavy (non-hydrogen) atoms. The van der Waals surface area contributed by atoms with Crippen molar-refractivity contribution in [3.8, 4) is 11.1 Å². The first-order valence-electron chi connectivity index (χ1n) is 5.96. The Bertz CT molecular complexity index is 566. The van der Waals surface area contributed by atoms with Crippen molar-refractivity contribution >= 4 is 12.4 Å². The normalized spacial score (nSPS) is 13.4. The van der Waals surface area contributed by atoms with Gasteiger partial charge in [-0.05, 0) is 34.2 Å². The molecule has 3 heteroatoms. The summed E-state index contributed by atoms with van der Waals surface area (Å²) >= 11 is 0. The molecular weight excluding hydrogens is 244 g/mol. The molecule has 0 fully saturated rings. The zero-order valence-electron chi connectivity index (χ0n) is 10.1. The minimum atomic E-state index is -0.0518. The van der Waals surface area contributed by atoms with Gasteiger partial charge in [0, 0.05) is 12.6 Å². The quantitative estimate of drug-likeness (QED) is 0.744. The summed E-state index contributed by atoms with van der Waals surface area (Å²) in [6, 6.07) is 15.0. The molecule has 3 rings (SSSR count). The maximum atomic E-state index is 5.97. The van der Waals surface area contributed by atoms with Crippen LogP contribution in [0.5, 0.6) is 0 Å². The molecule has 4 N–H and O–H groups in total. The monoisotopic (exact) mass is 260 g/mol. The van der Waals surface area contributed by atoms with E-state index in [1.54, 1.807) is 0 Å². The molecule has 1 aliphatic rings. The Balaban J connectivity index is 0.00000120. The summed E-state index contributed by atoms with van der Waals surface area (Å²) in [5.41, 5.74) is 18.2. The molecule has 0 unspecified atom stereocenters. The van der Waals surface area contributed by atoms with Crippen LogP contribution >= 0.6 is 12.4 Å². The highest BCUT2D eigenvalue weighted by Gasteiger charge is 2.18. The molecule has 2 aromatic rings. The number of rotatable bonds is 2. The molecule has 2 nitrogen and oxygen atoms in total. The Morgan fingerprint density at radius 1 is 1.00 bits per heavy atom. The summed E-state index contributed by atoms with van der Waals surface area (Å²) in [5.74, 6) is 0. The lowest BCUT2D eigenvalue weighted by molar-refractivity contribution is 0.736. The average molecular weight is 261 g/mol. The Morgan fingerprint density at radius 3 is 2.50 bits per heavy atom. The first-order valence-corrected chi connectivity index (χ1v) is 5.96. The van der Waals surface area contributed by atoms with Crippen molar-refractivity contribution in [2.24, 2.45) is 11.5 Å². The van der Waals surface area contributed by atoms with Crippen LogP contribution in [0, 0.1) is 0 Å². The van der Waals surface area contributed by atoms with E-state index in [4.69, 9.17) is 11.5 Å². The van der Waals surface area contributed by atoms with Gasteiger partial charge in [-0.3, -0.25) is 0 Å². The fourth-order valence-corrected chi connectivity index (χ4v) is 2.53. The molecule has 94 valence electrons. The largest absolute Gasteiger partial charge is 0.329 e. The van der Waals surface area contributed by atoms with E-state index in [2.05, 4.69) is 42.5 Å². The highest BCUT2D eigenvalue weighted by Crippen LogP contribution is 2.37. The van der Waals surface area contributed by atoms with Crippen molar-refractivity contribution in [2.45, 2.75) is 12.5 Å². The molecular formula is C15H17ClN2. The molecule has 0 spiro atoms. The lowest BCUT2D eigenvalue weighted by Gasteiger charge is -2.10. The topological polar surface area (TPSA) is 52.0 Å². The van der Waals surface area contributed by atoms with Gasteiger partial charge in [0.15, 0.2) is 0 Å². The summed E-state index contributed by atoms with van der Waals surface area (Å²) in [6.45, 7) is 0.492. The van der Waals surface area contributed by atoms with Crippen LogP contribution in [0.3, 0.4) is 0 Å². The van der Waals surface area contributed by atoms with E-state index in [1.165, 1.54) is 22.3 Å². The van der Waals surface area contributed by atoms with Crippen LogP contribution in [0.25, 0.3) is 11.1 Å². The van der Waals surface area contributed by atoms with Gasteiger partial charge in [0.25, 0.3) is 0 Å². The van der Waals surface area contributed by atoms with Crippen molar-refractivity contribution in [1.82, 2.24) is 0 Å². The zero-order chi connectivity index (χ0) is 11.8. The third kappa shape index (κ3) is 2.03. The van der Waals surface area contributed by atoms with Gasteiger partial charge in [0.05, 0.1) is 0 Å². The van der Waals surface area contributed by atoms with E-state index in [0.717, 1.165) is 12.0 Å². The van der Waals surface area contributed by atoms with Gasteiger partial charge in [0.1, 0.15) is 0 Å². The van der Waals surface area contributed by atoms with Gasteiger partial charge in [-0.15, -0.1) is 12.4 Å². The van der Waals surface area contributed by atoms with Crippen LogP contribution < -0.4 is 11.5 Å². The number of fused-ring (bicyclic) bond motifs is 3. The van der Waals surface area contributed by atoms with Crippen molar-refractivity contribution in [3.05, 3.63) is 59.2 Å². The average Bonchev–Trinajstić information content (AvgIpc) is 2.75. The SMILES string of the molecule is Cl.NC[C@@H](N)c1ccc2c(c1)Cc1ccccc1-2. The molecule has 0 aliphatic heterocycles. The van der Waals surface area contributed by atoms with Crippen molar-refractivity contribution in [3.63, 3.8) is 0 Å². The fourth-order valence-electron chi connectivity index (χ4n) is 2.53. The Morgan fingerprint density at radius 2 is 1.72 bits per heavy atom. The van der Waals surface area contributed by atoms with Crippen LogP contribution in [0.15, 0.2) is 42.5 Å². The van der Waals surface area contributed by atoms with E-state index < -0.39 is 0 Å². The smallest absolute Gasteiger partial charge is 0.0419 e. The van der Waals surface area contributed by atoms with E-state index in [-0.39, 0.29) is 18.4 Å². The Kier molecular flexibility index (Phi) is 3.71. The lowest BCUT2D eigenvalue weighted by Crippen LogP contribution is -2.20. The fraction of sp³-hybridized carbons (Fsp3) is 0.200. The Labute approximate surface area is 113 Å². The summed E-state index contributed by atoms with van der Waals surface area (Å²) in [5, 5.41) is 0. The third-order valence-electron chi connectivity index (χ3n) is 3.50. The first-order chi connectivity index (χ1) is 8.29. The minimum Gasteiger partial charge on any atom is -0.329 e. The lowest BCUT2D eigenvalue weighted by atomic mass is 10.00. The molecule has 1 aliphatic carbocycles. The molecule has 2 aromatic carbocycles. The van der Waals surface area contributed by atoms with Gasteiger partial charge in [-0.1, -0.05) is 42.5 Å². The maximum absolute atomic E-state index is 5.97. The highest BCUT2D eigenvalue weighted by molar-refractivity contribution is 5.85. The summed E-state index contributed by atoms with van der Waals surface area (Å²) in [6.07, 6.45) is 1.01. The zero-order valence-corrected chi connectivity index (χ0v) is 10.9. The van der Waals surface area contributed by atoms with E-state index in [0.29, 0.717) is 6.54 Å². The predicted octanol–water partition coefficient (Wildman–Crippen LogP) is 2.64. The van der Waals surface area contributed by atoms with Gasteiger partial charge < -0.3 is 11.5 Å². The molecule has 0 heterocycles.